The molecule has 0 amide bonds. The van der Waals surface area contributed by atoms with Crippen molar-refractivity contribution < 1.29 is 4.74 Å². The number of nitrogens with two attached hydrogens (primary N) is 1. The summed E-state index contributed by atoms with van der Waals surface area (Å²) < 4.78 is 6.14. The SMILES string of the molecule is COc1ccc(-c2cc(-c3cc(Br)cs3)c(C#N)c(N)n2)cc1. The zero-order valence-electron chi connectivity index (χ0n) is 12.2. The first-order chi connectivity index (χ1) is 11.1. The number of thiophene rings is 1. The van der Waals surface area contributed by atoms with E-state index in [0.29, 0.717) is 5.56 Å². The molecule has 0 bridgehead atoms. The highest BCUT2D eigenvalue weighted by Crippen LogP contribution is 2.36. The molecule has 0 aliphatic carbocycles. The number of nitrogens with zero attached hydrogens (tertiary/aromatic N) is 2. The molecule has 0 aliphatic rings. The number of rotatable bonds is 3. The largest absolute Gasteiger partial charge is 0.497 e. The van der Waals surface area contributed by atoms with Crippen LogP contribution in [-0.2, 0) is 0 Å². The van der Waals surface area contributed by atoms with E-state index in [-0.39, 0.29) is 5.82 Å². The van der Waals surface area contributed by atoms with Crippen LogP contribution in [0.25, 0.3) is 21.7 Å². The van der Waals surface area contributed by atoms with E-state index in [0.717, 1.165) is 31.9 Å². The molecular formula is C17H12BrN3OS. The van der Waals surface area contributed by atoms with Gasteiger partial charge in [-0.15, -0.1) is 11.3 Å². The van der Waals surface area contributed by atoms with Crippen molar-refractivity contribution in [2.24, 2.45) is 0 Å². The summed E-state index contributed by atoms with van der Waals surface area (Å²) in [6.07, 6.45) is 0. The van der Waals surface area contributed by atoms with Gasteiger partial charge in [-0.2, -0.15) is 5.26 Å². The number of aromatic nitrogens is 1. The smallest absolute Gasteiger partial charge is 0.142 e. The molecule has 0 saturated carbocycles. The Morgan fingerprint density at radius 3 is 2.57 bits per heavy atom. The van der Waals surface area contributed by atoms with E-state index in [1.807, 2.05) is 41.8 Å². The standard InChI is InChI=1S/C17H12BrN3OS/c1-22-12-4-2-10(3-5-12)15-7-13(14(8-19)17(20)21-15)16-6-11(18)9-23-16/h2-7,9H,1H3,(H2,20,21). The Kier molecular flexibility index (Phi) is 4.33. The first-order valence-corrected chi connectivity index (χ1v) is 8.39. The summed E-state index contributed by atoms with van der Waals surface area (Å²) in [6, 6.07) is 13.6. The Labute approximate surface area is 146 Å². The van der Waals surface area contributed by atoms with Gasteiger partial charge < -0.3 is 10.5 Å². The lowest BCUT2D eigenvalue weighted by atomic mass is 10.0. The third-order valence-corrected chi connectivity index (χ3v) is 5.10. The van der Waals surface area contributed by atoms with Crippen LogP contribution >= 0.6 is 27.3 Å². The summed E-state index contributed by atoms with van der Waals surface area (Å²) in [5.74, 6) is 1.01. The van der Waals surface area contributed by atoms with E-state index >= 15 is 0 Å². The summed E-state index contributed by atoms with van der Waals surface area (Å²) in [4.78, 5) is 5.34. The maximum Gasteiger partial charge on any atom is 0.142 e. The first-order valence-electron chi connectivity index (χ1n) is 6.72. The van der Waals surface area contributed by atoms with Crippen molar-refractivity contribution in [1.82, 2.24) is 4.98 Å². The van der Waals surface area contributed by atoms with E-state index in [4.69, 9.17) is 10.5 Å². The number of pyridine rings is 1. The monoisotopic (exact) mass is 385 g/mol. The van der Waals surface area contributed by atoms with Gasteiger partial charge in [-0.05, 0) is 52.3 Å². The van der Waals surface area contributed by atoms with Crippen LogP contribution in [0.3, 0.4) is 0 Å². The molecule has 0 radical (unpaired) electrons. The quantitative estimate of drug-likeness (QED) is 0.708. The highest BCUT2D eigenvalue weighted by Gasteiger charge is 2.14. The Balaban J connectivity index is 2.16. The molecule has 2 aromatic heterocycles. The number of nitrogen functional groups attached to an aromatic ring is 1. The predicted octanol–water partition coefficient (Wildman–Crippen LogP) is 4.70. The van der Waals surface area contributed by atoms with Gasteiger partial charge in [-0.25, -0.2) is 4.98 Å². The zero-order chi connectivity index (χ0) is 16.4. The van der Waals surface area contributed by atoms with Crippen LogP contribution in [-0.4, -0.2) is 12.1 Å². The van der Waals surface area contributed by atoms with E-state index < -0.39 is 0 Å². The molecule has 0 unspecified atom stereocenters. The second-order valence-electron chi connectivity index (χ2n) is 4.78. The molecular weight excluding hydrogens is 374 g/mol. The number of methoxy groups -OCH3 is 1. The molecule has 0 aliphatic heterocycles. The molecule has 23 heavy (non-hydrogen) atoms. The molecule has 1 aromatic carbocycles. The van der Waals surface area contributed by atoms with Gasteiger partial charge in [-0.3, -0.25) is 0 Å². The number of benzene rings is 1. The van der Waals surface area contributed by atoms with Crippen LogP contribution in [0, 0.1) is 11.3 Å². The van der Waals surface area contributed by atoms with E-state index in [9.17, 15) is 5.26 Å². The minimum Gasteiger partial charge on any atom is -0.497 e. The van der Waals surface area contributed by atoms with Gasteiger partial charge in [0.25, 0.3) is 0 Å². The maximum atomic E-state index is 9.40. The Bertz CT molecular complexity index is 897. The topological polar surface area (TPSA) is 71.9 Å². The van der Waals surface area contributed by atoms with Crippen LogP contribution in [0.4, 0.5) is 5.82 Å². The number of hydrogen-bond donors (Lipinski definition) is 1. The molecule has 0 saturated heterocycles. The second kappa shape index (κ2) is 6.41. The molecule has 3 aromatic rings. The van der Waals surface area contributed by atoms with Gasteiger partial charge in [-0.1, -0.05) is 0 Å². The molecule has 0 atom stereocenters. The summed E-state index contributed by atoms with van der Waals surface area (Å²) in [5.41, 5.74) is 8.84. The highest BCUT2D eigenvalue weighted by atomic mass is 79.9. The van der Waals surface area contributed by atoms with Gasteiger partial charge in [0.1, 0.15) is 23.2 Å². The number of hydrogen-bond acceptors (Lipinski definition) is 5. The average Bonchev–Trinajstić information content (AvgIpc) is 3.00. The lowest BCUT2D eigenvalue weighted by molar-refractivity contribution is 0.415. The van der Waals surface area contributed by atoms with Crippen molar-refractivity contribution in [3.8, 4) is 33.5 Å². The Morgan fingerprint density at radius 1 is 1.26 bits per heavy atom. The molecule has 114 valence electrons. The van der Waals surface area contributed by atoms with E-state index in [2.05, 4.69) is 27.0 Å². The van der Waals surface area contributed by atoms with Crippen LogP contribution in [0.1, 0.15) is 5.56 Å². The van der Waals surface area contributed by atoms with E-state index in [1.54, 1.807) is 18.4 Å². The predicted molar refractivity (Wildman–Crippen MR) is 96.4 cm³/mol. The third kappa shape index (κ3) is 3.07. The minimum atomic E-state index is 0.236. The van der Waals surface area contributed by atoms with Crippen LogP contribution in [0.2, 0.25) is 0 Å². The molecule has 3 rings (SSSR count). The summed E-state index contributed by atoms with van der Waals surface area (Å²) in [6.45, 7) is 0. The molecule has 6 heteroatoms. The molecule has 4 nitrogen and oxygen atoms in total. The van der Waals surface area contributed by atoms with Gasteiger partial charge in [0.15, 0.2) is 0 Å². The second-order valence-corrected chi connectivity index (χ2v) is 6.61. The maximum absolute atomic E-state index is 9.40. The minimum absolute atomic E-state index is 0.236. The molecule has 2 heterocycles. The van der Waals surface area contributed by atoms with Gasteiger partial charge in [0.2, 0.25) is 0 Å². The fourth-order valence-electron chi connectivity index (χ4n) is 2.24. The van der Waals surface area contributed by atoms with Crippen molar-refractivity contribution in [2.45, 2.75) is 0 Å². The normalized spacial score (nSPS) is 10.3. The Hall–Kier alpha value is -2.36. The fraction of sp³-hybridized carbons (Fsp3) is 0.0588. The number of nitriles is 1. The zero-order valence-corrected chi connectivity index (χ0v) is 14.6. The van der Waals surface area contributed by atoms with Gasteiger partial charge in [0.05, 0.1) is 12.8 Å². The average molecular weight is 386 g/mol. The third-order valence-electron chi connectivity index (χ3n) is 3.38. The van der Waals surface area contributed by atoms with Crippen molar-refractivity contribution in [1.29, 1.82) is 5.26 Å². The number of ether oxygens (including phenoxy) is 1. The summed E-state index contributed by atoms with van der Waals surface area (Å²) in [7, 11) is 1.62. The summed E-state index contributed by atoms with van der Waals surface area (Å²) in [5, 5.41) is 11.4. The fourth-order valence-corrected chi connectivity index (χ4v) is 3.69. The number of halogens is 1. The van der Waals surface area contributed by atoms with Crippen LogP contribution < -0.4 is 10.5 Å². The molecule has 2 N–H and O–H groups in total. The van der Waals surface area contributed by atoms with Gasteiger partial charge in [0, 0.05) is 25.9 Å². The number of anilines is 1. The van der Waals surface area contributed by atoms with Gasteiger partial charge >= 0.3 is 0 Å². The van der Waals surface area contributed by atoms with Crippen molar-refractivity contribution in [3.63, 3.8) is 0 Å². The first kappa shape index (κ1) is 15.5. The highest BCUT2D eigenvalue weighted by molar-refractivity contribution is 9.10. The van der Waals surface area contributed by atoms with Crippen LogP contribution in [0.15, 0.2) is 46.3 Å². The van der Waals surface area contributed by atoms with Crippen LogP contribution in [0.5, 0.6) is 5.75 Å². The van der Waals surface area contributed by atoms with E-state index in [1.165, 1.54) is 0 Å². The summed E-state index contributed by atoms with van der Waals surface area (Å²) >= 11 is 4.99. The van der Waals surface area contributed by atoms with Crippen molar-refractivity contribution in [2.75, 3.05) is 12.8 Å². The lowest BCUT2D eigenvalue weighted by Crippen LogP contribution is -1.99. The lowest BCUT2D eigenvalue weighted by Gasteiger charge is -2.09. The van der Waals surface area contributed by atoms with Crippen molar-refractivity contribution in [3.05, 3.63) is 51.8 Å². The Morgan fingerprint density at radius 2 is 2.00 bits per heavy atom. The van der Waals surface area contributed by atoms with Crippen molar-refractivity contribution >= 4 is 33.1 Å². The molecule has 0 spiro atoms. The molecule has 0 fully saturated rings.